The number of benzene rings is 2. The Hall–Kier alpha value is -2.98. The van der Waals surface area contributed by atoms with Gasteiger partial charge in [-0.1, -0.05) is 19.4 Å². The Bertz CT molecular complexity index is 1060. The van der Waals surface area contributed by atoms with Crippen LogP contribution in [-0.2, 0) is 10.0 Å². The van der Waals surface area contributed by atoms with E-state index in [-0.39, 0.29) is 42.7 Å². The maximum Gasteiger partial charge on any atom is 0.270 e. The Morgan fingerprint density at radius 2 is 1.75 bits per heavy atom. The van der Waals surface area contributed by atoms with Crippen molar-refractivity contribution in [3.05, 3.63) is 64.2 Å². The SMILES string of the molecule is CCCCN(C)c1ccc(C(=O)N2CCN(S(=O)(=O)c3cccc([N+](=O)[O-])c3)CC2)cc1. The number of nitro benzene ring substituents is 1. The van der Waals surface area contributed by atoms with Gasteiger partial charge in [-0.25, -0.2) is 8.42 Å². The molecule has 0 aromatic heterocycles. The molecule has 172 valence electrons. The van der Waals surface area contributed by atoms with Gasteiger partial charge >= 0.3 is 0 Å². The van der Waals surface area contributed by atoms with Crippen LogP contribution in [0.3, 0.4) is 0 Å². The second kappa shape index (κ2) is 10.1. The van der Waals surface area contributed by atoms with Crippen LogP contribution in [0.2, 0.25) is 0 Å². The summed E-state index contributed by atoms with van der Waals surface area (Å²) in [5, 5.41) is 11.0. The van der Waals surface area contributed by atoms with Gasteiger partial charge in [0.05, 0.1) is 9.82 Å². The van der Waals surface area contributed by atoms with Crippen molar-refractivity contribution in [3.8, 4) is 0 Å². The summed E-state index contributed by atoms with van der Waals surface area (Å²) in [6.45, 7) is 3.87. The smallest absolute Gasteiger partial charge is 0.270 e. The van der Waals surface area contributed by atoms with E-state index in [1.54, 1.807) is 17.0 Å². The predicted molar refractivity (Wildman–Crippen MR) is 122 cm³/mol. The third-order valence-corrected chi connectivity index (χ3v) is 7.49. The lowest BCUT2D eigenvalue weighted by atomic mass is 10.1. The number of anilines is 1. The number of piperazine rings is 1. The van der Waals surface area contributed by atoms with Crippen LogP contribution < -0.4 is 4.90 Å². The van der Waals surface area contributed by atoms with Gasteiger partial charge in [0.15, 0.2) is 0 Å². The predicted octanol–water partition coefficient (Wildman–Crippen LogP) is 2.98. The monoisotopic (exact) mass is 460 g/mol. The first kappa shape index (κ1) is 23.7. The summed E-state index contributed by atoms with van der Waals surface area (Å²) in [5.74, 6) is -0.139. The number of amides is 1. The Morgan fingerprint density at radius 3 is 2.34 bits per heavy atom. The number of hydrogen-bond donors (Lipinski definition) is 0. The molecule has 1 fully saturated rings. The molecular weight excluding hydrogens is 432 g/mol. The first-order valence-electron chi connectivity index (χ1n) is 10.6. The van der Waals surface area contributed by atoms with Crippen molar-refractivity contribution in [2.75, 3.05) is 44.7 Å². The van der Waals surface area contributed by atoms with Crippen molar-refractivity contribution in [2.24, 2.45) is 0 Å². The van der Waals surface area contributed by atoms with E-state index in [1.807, 2.05) is 19.2 Å². The molecule has 0 saturated carbocycles. The fourth-order valence-electron chi connectivity index (χ4n) is 3.60. The number of hydrogen-bond acceptors (Lipinski definition) is 6. The van der Waals surface area contributed by atoms with Crippen molar-refractivity contribution >= 4 is 27.3 Å². The van der Waals surface area contributed by atoms with Crippen molar-refractivity contribution in [2.45, 2.75) is 24.7 Å². The maximum atomic E-state index is 12.9. The molecule has 1 aliphatic rings. The molecule has 0 unspecified atom stereocenters. The highest BCUT2D eigenvalue weighted by Crippen LogP contribution is 2.23. The number of carbonyl (C=O) groups is 1. The van der Waals surface area contributed by atoms with Gasteiger partial charge in [0.2, 0.25) is 10.0 Å². The number of rotatable bonds is 8. The van der Waals surface area contributed by atoms with E-state index in [2.05, 4.69) is 11.8 Å². The van der Waals surface area contributed by atoms with Crippen LogP contribution in [0.4, 0.5) is 11.4 Å². The number of sulfonamides is 1. The van der Waals surface area contributed by atoms with Gasteiger partial charge in [-0.15, -0.1) is 0 Å². The van der Waals surface area contributed by atoms with E-state index in [0.717, 1.165) is 31.1 Å². The Kier molecular flexibility index (Phi) is 7.47. The quantitative estimate of drug-likeness (QED) is 0.443. The molecule has 2 aromatic rings. The number of nitro groups is 1. The maximum absolute atomic E-state index is 12.9. The van der Waals surface area contributed by atoms with Crippen molar-refractivity contribution in [1.29, 1.82) is 0 Å². The Labute approximate surface area is 188 Å². The molecule has 1 amide bonds. The van der Waals surface area contributed by atoms with Crippen LogP contribution in [0.5, 0.6) is 0 Å². The summed E-state index contributed by atoms with van der Waals surface area (Å²) in [6.07, 6.45) is 2.21. The van der Waals surface area contributed by atoms with Crippen LogP contribution in [0.15, 0.2) is 53.4 Å². The highest BCUT2D eigenvalue weighted by Gasteiger charge is 2.31. The number of nitrogens with zero attached hydrogens (tertiary/aromatic N) is 4. The average molecular weight is 461 g/mol. The largest absolute Gasteiger partial charge is 0.375 e. The molecular formula is C22H28N4O5S. The van der Waals surface area contributed by atoms with Crippen LogP contribution >= 0.6 is 0 Å². The minimum atomic E-state index is -3.87. The molecule has 0 bridgehead atoms. The zero-order valence-corrected chi connectivity index (χ0v) is 19.1. The van der Waals surface area contributed by atoms with Gasteiger partial charge in [0, 0.05) is 63.2 Å². The van der Waals surface area contributed by atoms with E-state index in [4.69, 9.17) is 0 Å². The zero-order valence-electron chi connectivity index (χ0n) is 18.3. The summed E-state index contributed by atoms with van der Waals surface area (Å²) in [5.41, 5.74) is 1.33. The van der Waals surface area contributed by atoms with Crippen LogP contribution in [0, 0.1) is 10.1 Å². The van der Waals surface area contributed by atoms with Crippen LogP contribution in [0.1, 0.15) is 30.1 Å². The molecule has 0 aliphatic carbocycles. The molecule has 1 saturated heterocycles. The fourth-order valence-corrected chi connectivity index (χ4v) is 5.07. The van der Waals surface area contributed by atoms with Gasteiger partial charge in [0.25, 0.3) is 11.6 Å². The molecule has 9 nitrogen and oxygen atoms in total. The van der Waals surface area contributed by atoms with Gasteiger partial charge in [-0.05, 0) is 36.8 Å². The van der Waals surface area contributed by atoms with Crippen molar-refractivity contribution < 1.29 is 18.1 Å². The van der Waals surface area contributed by atoms with Gasteiger partial charge < -0.3 is 9.80 Å². The standard InChI is InChI=1S/C22H28N4O5S/c1-3-4-12-23(2)19-10-8-18(9-11-19)22(27)24-13-15-25(16-14-24)32(30,31)21-7-5-6-20(17-21)26(28)29/h5-11,17H,3-4,12-16H2,1-2H3. The van der Waals surface area contributed by atoms with E-state index < -0.39 is 14.9 Å². The molecule has 0 radical (unpaired) electrons. The Morgan fingerprint density at radius 1 is 1.09 bits per heavy atom. The van der Waals surface area contributed by atoms with E-state index >= 15 is 0 Å². The molecule has 10 heteroatoms. The second-order valence-corrected chi connectivity index (χ2v) is 9.71. The van der Waals surface area contributed by atoms with Crippen LogP contribution in [-0.4, -0.2) is 68.2 Å². The number of unbranched alkanes of at least 4 members (excludes halogenated alkanes) is 1. The molecule has 32 heavy (non-hydrogen) atoms. The summed E-state index contributed by atoms with van der Waals surface area (Å²) in [7, 11) is -1.85. The molecule has 0 N–H and O–H groups in total. The fraction of sp³-hybridized carbons (Fsp3) is 0.409. The van der Waals surface area contributed by atoms with Gasteiger partial charge in [-0.2, -0.15) is 4.31 Å². The lowest BCUT2D eigenvalue weighted by Crippen LogP contribution is -2.50. The lowest BCUT2D eigenvalue weighted by molar-refractivity contribution is -0.385. The molecule has 1 aliphatic heterocycles. The first-order chi connectivity index (χ1) is 15.2. The molecule has 0 spiro atoms. The highest BCUT2D eigenvalue weighted by molar-refractivity contribution is 7.89. The van der Waals surface area contributed by atoms with Crippen LogP contribution in [0.25, 0.3) is 0 Å². The molecule has 1 heterocycles. The van der Waals surface area contributed by atoms with Gasteiger partial charge in [-0.3, -0.25) is 14.9 Å². The summed E-state index contributed by atoms with van der Waals surface area (Å²) in [6, 6.07) is 12.5. The van der Waals surface area contributed by atoms with Crippen molar-refractivity contribution in [1.82, 2.24) is 9.21 Å². The number of carbonyl (C=O) groups excluding carboxylic acids is 1. The molecule has 3 rings (SSSR count). The summed E-state index contributed by atoms with van der Waals surface area (Å²) >= 11 is 0. The van der Waals surface area contributed by atoms with Crippen molar-refractivity contribution in [3.63, 3.8) is 0 Å². The molecule has 2 aromatic carbocycles. The summed E-state index contributed by atoms with van der Waals surface area (Å²) < 4.78 is 27.0. The lowest BCUT2D eigenvalue weighted by Gasteiger charge is -2.34. The Balaban J connectivity index is 1.63. The minimum Gasteiger partial charge on any atom is -0.375 e. The third-order valence-electron chi connectivity index (χ3n) is 5.59. The van der Waals surface area contributed by atoms with E-state index in [0.29, 0.717) is 5.56 Å². The normalized spacial score (nSPS) is 14.9. The highest BCUT2D eigenvalue weighted by atomic mass is 32.2. The number of non-ortho nitro benzene ring substituents is 1. The third kappa shape index (κ3) is 5.25. The molecule has 0 atom stereocenters. The minimum absolute atomic E-state index is 0.116. The van der Waals surface area contributed by atoms with E-state index in [9.17, 15) is 23.3 Å². The topological polar surface area (TPSA) is 104 Å². The van der Waals surface area contributed by atoms with E-state index in [1.165, 1.54) is 22.5 Å². The first-order valence-corrected chi connectivity index (χ1v) is 12.0. The second-order valence-electron chi connectivity index (χ2n) is 7.77. The summed E-state index contributed by atoms with van der Waals surface area (Å²) in [4.78, 5) is 26.9. The van der Waals surface area contributed by atoms with Gasteiger partial charge in [0.1, 0.15) is 0 Å². The zero-order chi connectivity index (χ0) is 23.3. The average Bonchev–Trinajstić information content (AvgIpc) is 2.82.